The van der Waals surface area contributed by atoms with Crippen molar-refractivity contribution in [2.24, 2.45) is 0 Å². The Kier molecular flexibility index (Phi) is 6.57. The number of nitro benzene ring substituents is 1. The Morgan fingerprint density at radius 2 is 1.65 bits per heavy atom. The number of nitro groups is 1. The maximum atomic E-state index is 12.8. The van der Waals surface area contributed by atoms with E-state index in [-0.39, 0.29) is 29.4 Å². The van der Waals surface area contributed by atoms with Crippen LogP contribution in [0.5, 0.6) is 0 Å². The van der Waals surface area contributed by atoms with Crippen LogP contribution in [0.2, 0.25) is 0 Å². The summed E-state index contributed by atoms with van der Waals surface area (Å²) in [6.45, 7) is 3.77. The van der Waals surface area contributed by atoms with Gasteiger partial charge in [-0.15, -0.1) is 0 Å². The van der Waals surface area contributed by atoms with Crippen molar-refractivity contribution in [2.75, 3.05) is 10.0 Å². The molecule has 8 nitrogen and oxygen atoms in total. The molecule has 9 heteroatoms. The normalized spacial score (nSPS) is 11.2. The lowest BCUT2D eigenvalue weighted by atomic mass is 10.1. The van der Waals surface area contributed by atoms with Crippen molar-refractivity contribution in [3.05, 3.63) is 93.0 Å². The number of hydrogen-bond donors (Lipinski definition) is 3. The zero-order chi connectivity index (χ0) is 22.6. The van der Waals surface area contributed by atoms with Gasteiger partial charge in [-0.05, 0) is 48.7 Å². The van der Waals surface area contributed by atoms with Gasteiger partial charge in [-0.1, -0.05) is 42.0 Å². The van der Waals surface area contributed by atoms with Crippen LogP contribution in [0.1, 0.15) is 22.3 Å². The van der Waals surface area contributed by atoms with E-state index in [4.69, 9.17) is 0 Å². The van der Waals surface area contributed by atoms with Crippen molar-refractivity contribution in [3.8, 4) is 0 Å². The number of aliphatic hydroxyl groups is 1. The summed E-state index contributed by atoms with van der Waals surface area (Å²) >= 11 is 0. The fourth-order valence-corrected chi connectivity index (χ4v) is 4.34. The van der Waals surface area contributed by atoms with Gasteiger partial charge in [-0.25, -0.2) is 8.42 Å². The quantitative estimate of drug-likeness (QED) is 0.357. The second-order valence-electron chi connectivity index (χ2n) is 7.14. The predicted octanol–water partition coefficient (Wildman–Crippen LogP) is 4.12. The molecule has 0 aromatic heterocycles. The number of anilines is 2. The summed E-state index contributed by atoms with van der Waals surface area (Å²) < 4.78 is 28.1. The van der Waals surface area contributed by atoms with Crippen LogP contribution in [0.25, 0.3) is 0 Å². The number of nitrogens with zero attached hydrogens (tertiary/aromatic N) is 1. The first-order valence-electron chi connectivity index (χ1n) is 9.51. The number of hydrogen-bond acceptors (Lipinski definition) is 6. The zero-order valence-electron chi connectivity index (χ0n) is 17.1. The van der Waals surface area contributed by atoms with E-state index in [1.165, 1.54) is 12.1 Å². The number of aryl methyl sites for hydroxylation is 2. The van der Waals surface area contributed by atoms with E-state index in [0.717, 1.165) is 22.8 Å². The van der Waals surface area contributed by atoms with Gasteiger partial charge < -0.3 is 10.4 Å². The molecule has 162 valence electrons. The summed E-state index contributed by atoms with van der Waals surface area (Å²) in [5, 5.41) is 24.0. The lowest BCUT2D eigenvalue weighted by Gasteiger charge is -2.13. The number of rotatable bonds is 8. The Labute approximate surface area is 180 Å². The summed E-state index contributed by atoms with van der Waals surface area (Å²) in [4.78, 5) is 10.8. The molecule has 3 aromatic carbocycles. The van der Waals surface area contributed by atoms with E-state index in [2.05, 4.69) is 10.0 Å². The summed E-state index contributed by atoms with van der Waals surface area (Å²) in [6, 6.07) is 16.2. The molecule has 3 aromatic rings. The van der Waals surface area contributed by atoms with Crippen molar-refractivity contribution in [3.63, 3.8) is 0 Å². The van der Waals surface area contributed by atoms with Crippen molar-refractivity contribution >= 4 is 27.1 Å². The van der Waals surface area contributed by atoms with Crippen molar-refractivity contribution in [1.29, 1.82) is 0 Å². The fraction of sp³-hybridized carbons (Fsp3) is 0.182. The molecule has 0 fully saturated rings. The molecule has 0 bridgehead atoms. The van der Waals surface area contributed by atoms with Crippen LogP contribution in [0.15, 0.2) is 65.6 Å². The maximum Gasteiger partial charge on any atom is 0.293 e. The number of aliphatic hydroxyl groups excluding tert-OH is 1. The highest BCUT2D eigenvalue weighted by Crippen LogP contribution is 2.30. The van der Waals surface area contributed by atoms with Gasteiger partial charge >= 0.3 is 0 Å². The molecular weight excluding hydrogens is 418 g/mol. The SMILES string of the molecule is Cc1ccc(NS(=O)(=O)c2ccc(NCc3ccccc3CO)c([N+](=O)[O-])c2)c(C)c1. The van der Waals surface area contributed by atoms with Gasteiger partial charge in [-0.3, -0.25) is 14.8 Å². The van der Waals surface area contributed by atoms with Crippen LogP contribution < -0.4 is 10.0 Å². The highest BCUT2D eigenvalue weighted by molar-refractivity contribution is 7.92. The van der Waals surface area contributed by atoms with Crippen LogP contribution in [0.3, 0.4) is 0 Å². The molecule has 0 aliphatic heterocycles. The summed E-state index contributed by atoms with van der Waals surface area (Å²) in [5.41, 5.74) is 3.47. The minimum absolute atomic E-state index is 0.152. The molecule has 3 N–H and O–H groups in total. The smallest absolute Gasteiger partial charge is 0.293 e. The molecule has 0 aliphatic carbocycles. The molecule has 3 rings (SSSR count). The van der Waals surface area contributed by atoms with Gasteiger partial charge in [-0.2, -0.15) is 0 Å². The highest BCUT2D eigenvalue weighted by atomic mass is 32.2. The second kappa shape index (κ2) is 9.15. The molecule has 0 aliphatic rings. The van der Waals surface area contributed by atoms with E-state index in [1.807, 2.05) is 13.0 Å². The third-order valence-corrected chi connectivity index (χ3v) is 6.22. The minimum atomic E-state index is -4.01. The van der Waals surface area contributed by atoms with Gasteiger partial charge in [0.2, 0.25) is 0 Å². The molecule has 0 spiro atoms. The fourth-order valence-electron chi connectivity index (χ4n) is 3.19. The van der Waals surface area contributed by atoms with E-state index < -0.39 is 14.9 Å². The Bertz CT molecular complexity index is 1230. The largest absolute Gasteiger partial charge is 0.392 e. The van der Waals surface area contributed by atoms with Crippen LogP contribution >= 0.6 is 0 Å². The lowest BCUT2D eigenvalue weighted by molar-refractivity contribution is -0.384. The van der Waals surface area contributed by atoms with E-state index >= 15 is 0 Å². The molecule has 0 atom stereocenters. The molecular formula is C22H23N3O5S. The maximum absolute atomic E-state index is 12.8. The first kappa shape index (κ1) is 22.3. The predicted molar refractivity (Wildman–Crippen MR) is 120 cm³/mol. The number of benzene rings is 3. The summed E-state index contributed by atoms with van der Waals surface area (Å²) in [5.74, 6) is 0. The molecule has 0 radical (unpaired) electrons. The first-order chi connectivity index (χ1) is 14.7. The third-order valence-electron chi connectivity index (χ3n) is 4.86. The molecule has 0 heterocycles. The Hall–Kier alpha value is -3.43. The van der Waals surface area contributed by atoms with E-state index in [0.29, 0.717) is 11.3 Å². The number of nitrogens with one attached hydrogen (secondary N) is 2. The molecule has 0 saturated carbocycles. The molecule has 31 heavy (non-hydrogen) atoms. The Morgan fingerprint density at radius 3 is 2.29 bits per heavy atom. The molecule has 0 unspecified atom stereocenters. The van der Waals surface area contributed by atoms with Crippen LogP contribution in [-0.2, 0) is 23.2 Å². The average molecular weight is 442 g/mol. The average Bonchev–Trinajstić information content (AvgIpc) is 2.74. The summed E-state index contributed by atoms with van der Waals surface area (Å²) in [7, 11) is -4.01. The van der Waals surface area contributed by atoms with Gasteiger partial charge in [0.25, 0.3) is 15.7 Å². The van der Waals surface area contributed by atoms with Crippen molar-refractivity contribution < 1.29 is 18.4 Å². The van der Waals surface area contributed by atoms with Gasteiger partial charge in [0.15, 0.2) is 0 Å². The standard InChI is InChI=1S/C22H23N3O5S/c1-15-7-9-20(16(2)11-15)24-31(29,30)19-8-10-21(22(12-19)25(27)28)23-13-17-5-3-4-6-18(17)14-26/h3-12,23-24,26H,13-14H2,1-2H3. The van der Waals surface area contributed by atoms with Crippen LogP contribution in [-0.4, -0.2) is 18.4 Å². The second-order valence-corrected chi connectivity index (χ2v) is 8.82. The third kappa shape index (κ3) is 5.19. The monoisotopic (exact) mass is 441 g/mol. The van der Waals surface area contributed by atoms with Gasteiger partial charge in [0, 0.05) is 12.6 Å². The summed E-state index contributed by atoms with van der Waals surface area (Å²) in [6.07, 6.45) is 0. The topological polar surface area (TPSA) is 122 Å². The van der Waals surface area contributed by atoms with E-state index in [9.17, 15) is 23.6 Å². The van der Waals surface area contributed by atoms with Gasteiger partial charge in [0.1, 0.15) is 5.69 Å². The van der Waals surface area contributed by atoms with Crippen LogP contribution in [0.4, 0.5) is 17.1 Å². The van der Waals surface area contributed by atoms with E-state index in [1.54, 1.807) is 43.3 Å². The number of sulfonamides is 1. The molecule has 0 amide bonds. The minimum Gasteiger partial charge on any atom is -0.392 e. The zero-order valence-corrected chi connectivity index (χ0v) is 17.9. The lowest BCUT2D eigenvalue weighted by Crippen LogP contribution is -2.14. The highest BCUT2D eigenvalue weighted by Gasteiger charge is 2.22. The van der Waals surface area contributed by atoms with Crippen molar-refractivity contribution in [2.45, 2.75) is 31.9 Å². The van der Waals surface area contributed by atoms with Crippen LogP contribution in [0, 0.1) is 24.0 Å². The first-order valence-corrected chi connectivity index (χ1v) is 11.0. The Balaban J connectivity index is 1.88. The van der Waals surface area contributed by atoms with Gasteiger partial charge in [0.05, 0.1) is 22.1 Å². The Morgan fingerprint density at radius 1 is 0.968 bits per heavy atom. The molecule has 0 saturated heterocycles. The van der Waals surface area contributed by atoms with Crippen molar-refractivity contribution in [1.82, 2.24) is 0 Å².